The third-order valence-corrected chi connectivity index (χ3v) is 8.14. The molecule has 1 aliphatic rings. The lowest BCUT2D eigenvalue weighted by molar-refractivity contribution is -0.260. The Balaban J connectivity index is 1.37. The lowest BCUT2D eigenvalue weighted by atomic mass is 9.89. The van der Waals surface area contributed by atoms with Gasteiger partial charge in [-0.05, 0) is 80.6 Å². The average molecular weight is 569 g/mol. The van der Waals surface area contributed by atoms with Crippen molar-refractivity contribution in [3.63, 3.8) is 0 Å². The molecule has 5 nitrogen and oxygen atoms in total. The number of esters is 1. The predicted octanol–water partition coefficient (Wildman–Crippen LogP) is 8.63. The molecule has 219 valence electrons. The summed E-state index contributed by atoms with van der Waals surface area (Å²) in [4.78, 5) is 12.3. The lowest BCUT2D eigenvalue weighted by Gasteiger charge is -2.37. The molecule has 1 heterocycles. The van der Waals surface area contributed by atoms with Gasteiger partial charge in [0.1, 0.15) is 11.5 Å². The number of nitrogens with zero attached hydrogens (tertiary/aromatic N) is 1. The van der Waals surface area contributed by atoms with Gasteiger partial charge in [-0.3, -0.25) is 0 Å². The summed E-state index contributed by atoms with van der Waals surface area (Å²) in [5.74, 6) is -4.72. The molecule has 1 fully saturated rings. The Kier molecular flexibility index (Phi) is 9.76. The molecule has 8 heteroatoms. The lowest BCUT2D eigenvalue weighted by Crippen LogP contribution is -2.44. The number of unbranched alkanes of at least 4 members (excludes halogenated alkanes) is 5. The van der Waals surface area contributed by atoms with Crippen LogP contribution in [-0.2, 0) is 16.3 Å². The van der Waals surface area contributed by atoms with Crippen LogP contribution in [0.15, 0.2) is 60.7 Å². The first-order valence-electron chi connectivity index (χ1n) is 14.3. The Morgan fingerprint density at radius 1 is 0.780 bits per heavy atom. The van der Waals surface area contributed by atoms with Gasteiger partial charge in [0.15, 0.2) is 17.5 Å². The third-order valence-electron chi connectivity index (χ3n) is 8.14. The van der Waals surface area contributed by atoms with E-state index in [1.165, 1.54) is 37.8 Å². The fraction of sp³-hybridized carbons (Fsp3) is 0.424. The molecule has 0 N–H and O–H groups in total. The molecule has 0 aromatic heterocycles. The number of carbonyl (C=O) groups excluding carboxylic acids is 1. The molecular weight excluding hydrogens is 531 g/mol. The van der Waals surface area contributed by atoms with Gasteiger partial charge in [0, 0.05) is 0 Å². The maximum absolute atomic E-state index is 13.8. The number of hydroxylamine groups is 2. The van der Waals surface area contributed by atoms with Crippen LogP contribution in [0, 0.1) is 17.5 Å². The molecule has 2 atom stereocenters. The van der Waals surface area contributed by atoms with Gasteiger partial charge in [-0.1, -0.05) is 63.3 Å². The van der Waals surface area contributed by atoms with Crippen molar-refractivity contribution in [3.05, 3.63) is 94.8 Å². The molecule has 4 rings (SSSR count). The van der Waals surface area contributed by atoms with Crippen LogP contribution >= 0.6 is 0 Å². The minimum atomic E-state index is -1.65. The normalized spacial score (nSPS) is 20.8. The van der Waals surface area contributed by atoms with Crippen LogP contribution in [0.2, 0.25) is 0 Å². The maximum atomic E-state index is 13.8. The van der Waals surface area contributed by atoms with Gasteiger partial charge in [-0.25, -0.2) is 18.0 Å². The van der Waals surface area contributed by atoms with Crippen LogP contribution in [0.4, 0.5) is 13.2 Å². The molecule has 0 saturated carbocycles. The quantitative estimate of drug-likeness (QED) is 0.0950. The predicted molar refractivity (Wildman–Crippen MR) is 149 cm³/mol. The van der Waals surface area contributed by atoms with Crippen molar-refractivity contribution in [1.29, 1.82) is 0 Å². The molecule has 1 saturated heterocycles. The molecule has 1 radical (unpaired) electrons. The summed E-state index contributed by atoms with van der Waals surface area (Å²) >= 11 is 0. The van der Waals surface area contributed by atoms with Gasteiger partial charge >= 0.3 is 5.97 Å². The second-order valence-electron chi connectivity index (χ2n) is 11.2. The van der Waals surface area contributed by atoms with Crippen molar-refractivity contribution < 1.29 is 32.6 Å². The molecule has 1 aliphatic heterocycles. The van der Waals surface area contributed by atoms with Crippen LogP contribution in [0.3, 0.4) is 0 Å². The molecule has 0 amide bonds. The Bertz CT molecular complexity index is 1310. The molecule has 3 aromatic carbocycles. The van der Waals surface area contributed by atoms with E-state index >= 15 is 0 Å². The van der Waals surface area contributed by atoms with E-state index in [1.807, 2.05) is 38.1 Å². The molecule has 0 spiro atoms. The highest BCUT2D eigenvalue weighted by Gasteiger charge is 2.52. The van der Waals surface area contributed by atoms with Crippen molar-refractivity contribution in [3.8, 4) is 11.5 Å². The largest absolute Gasteiger partial charge is 0.494 e. The van der Waals surface area contributed by atoms with Gasteiger partial charge in [0.2, 0.25) is 0 Å². The van der Waals surface area contributed by atoms with E-state index in [4.69, 9.17) is 9.47 Å². The van der Waals surface area contributed by atoms with Crippen molar-refractivity contribution in [2.45, 2.75) is 83.2 Å². The van der Waals surface area contributed by atoms with E-state index in [1.54, 1.807) is 12.1 Å². The number of rotatable bonds is 12. The summed E-state index contributed by atoms with van der Waals surface area (Å²) in [6.45, 7) is 6.71. The first-order valence-corrected chi connectivity index (χ1v) is 14.3. The zero-order valence-corrected chi connectivity index (χ0v) is 23.9. The molecule has 3 aromatic rings. The Morgan fingerprint density at radius 2 is 1.27 bits per heavy atom. The van der Waals surface area contributed by atoms with Gasteiger partial charge < -0.3 is 9.47 Å². The summed E-state index contributed by atoms with van der Waals surface area (Å²) in [7, 11) is 0. The fourth-order valence-corrected chi connectivity index (χ4v) is 5.46. The highest BCUT2D eigenvalue weighted by molar-refractivity contribution is 5.91. The summed E-state index contributed by atoms with van der Waals surface area (Å²) in [6.07, 6.45) is 8.46. The van der Waals surface area contributed by atoms with E-state index < -0.39 is 40.1 Å². The standard InChI is InChI=1S/C33H37F3NO4/c1-4-5-6-7-8-9-20-40-26-14-10-24(11-15-26)32(2)18-19-33(3,37(32)39)25-12-16-27(17-13-25)41-31(38)23-21-28(34)30(36)29(35)22-23/h10-17,21-22H,4-9,18-20H2,1-3H3/t32-,33-/m0/s1. The first kappa shape index (κ1) is 30.6. The average Bonchev–Trinajstić information content (AvgIpc) is 3.21. The van der Waals surface area contributed by atoms with Crippen LogP contribution in [0.1, 0.15) is 93.6 Å². The van der Waals surface area contributed by atoms with E-state index in [9.17, 15) is 23.2 Å². The zero-order chi connectivity index (χ0) is 29.6. The minimum absolute atomic E-state index is 0.127. The summed E-state index contributed by atoms with van der Waals surface area (Å²) in [5, 5.41) is 14.9. The van der Waals surface area contributed by atoms with Crippen LogP contribution < -0.4 is 9.47 Å². The van der Waals surface area contributed by atoms with Gasteiger partial charge in [0.25, 0.3) is 0 Å². The molecule has 0 aliphatic carbocycles. The monoisotopic (exact) mass is 568 g/mol. The summed E-state index contributed by atoms with van der Waals surface area (Å²) in [5.41, 5.74) is -0.364. The SMILES string of the molecule is CCCCCCCCOc1ccc([C@]2(C)CC[C@@](C)(c3ccc(OC(=O)c4cc(F)c(F)c(F)c4)cc3)N2[O])cc1. The second kappa shape index (κ2) is 13.1. The van der Waals surface area contributed by atoms with Crippen LogP contribution in [0.5, 0.6) is 11.5 Å². The molecule has 41 heavy (non-hydrogen) atoms. The minimum Gasteiger partial charge on any atom is -0.494 e. The Morgan fingerprint density at radius 3 is 1.80 bits per heavy atom. The van der Waals surface area contributed by atoms with E-state index in [2.05, 4.69) is 6.92 Å². The zero-order valence-electron chi connectivity index (χ0n) is 23.9. The Labute approximate surface area is 239 Å². The fourth-order valence-electron chi connectivity index (χ4n) is 5.46. The van der Waals surface area contributed by atoms with Crippen molar-refractivity contribution >= 4 is 5.97 Å². The number of ether oxygens (including phenoxy) is 2. The highest BCUT2D eigenvalue weighted by Crippen LogP contribution is 2.51. The smallest absolute Gasteiger partial charge is 0.343 e. The van der Waals surface area contributed by atoms with Gasteiger partial charge in [-0.15, -0.1) is 10.3 Å². The molecule has 0 unspecified atom stereocenters. The topological polar surface area (TPSA) is 58.7 Å². The number of hydrogen-bond donors (Lipinski definition) is 0. The number of benzene rings is 3. The maximum Gasteiger partial charge on any atom is 0.343 e. The third kappa shape index (κ3) is 6.76. The first-order chi connectivity index (χ1) is 19.6. The summed E-state index contributed by atoms with van der Waals surface area (Å²) < 4.78 is 51.3. The van der Waals surface area contributed by atoms with Crippen molar-refractivity contribution in [1.82, 2.24) is 5.06 Å². The molecule has 0 bridgehead atoms. The van der Waals surface area contributed by atoms with Crippen LogP contribution in [-0.4, -0.2) is 17.6 Å². The second-order valence-corrected chi connectivity index (χ2v) is 11.2. The number of halogens is 3. The van der Waals surface area contributed by atoms with E-state index in [0.29, 0.717) is 31.6 Å². The van der Waals surface area contributed by atoms with Crippen LogP contribution in [0.25, 0.3) is 0 Å². The Hall–Kier alpha value is -3.36. The van der Waals surface area contributed by atoms with E-state index in [0.717, 1.165) is 34.8 Å². The number of hydrogen-bond acceptors (Lipinski definition) is 4. The molecular formula is C33H37F3NO4. The van der Waals surface area contributed by atoms with Crippen molar-refractivity contribution in [2.24, 2.45) is 0 Å². The number of carbonyl (C=O) groups is 1. The van der Waals surface area contributed by atoms with E-state index in [-0.39, 0.29) is 5.75 Å². The highest BCUT2D eigenvalue weighted by atomic mass is 19.2. The summed E-state index contributed by atoms with van der Waals surface area (Å²) in [6, 6.07) is 15.4. The van der Waals surface area contributed by atoms with Gasteiger partial charge in [0.05, 0.1) is 23.2 Å². The van der Waals surface area contributed by atoms with Gasteiger partial charge in [-0.2, -0.15) is 0 Å². The van der Waals surface area contributed by atoms with Crippen molar-refractivity contribution in [2.75, 3.05) is 6.61 Å².